The Kier molecular flexibility index (Phi) is 7.36. The van der Waals surface area contributed by atoms with Crippen LogP contribution in [-0.4, -0.2) is 16.2 Å². The molecule has 0 saturated heterocycles. The third-order valence-corrected chi connectivity index (χ3v) is 6.98. The number of benzene rings is 4. The normalized spacial score (nSPS) is 12.4. The number of imidazole rings is 1. The van der Waals surface area contributed by atoms with Crippen molar-refractivity contribution in [2.24, 2.45) is 5.92 Å². The van der Waals surface area contributed by atoms with Crippen LogP contribution in [0.5, 0.6) is 5.75 Å². The lowest BCUT2D eigenvalue weighted by atomic mass is 9.96. The predicted octanol–water partition coefficient (Wildman–Crippen LogP) is 8.40. The van der Waals surface area contributed by atoms with Gasteiger partial charge >= 0.3 is 0 Å². The molecule has 0 spiro atoms. The number of para-hydroxylation sites is 2. The van der Waals surface area contributed by atoms with Crippen LogP contribution in [0.4, 0.5) is 0 Å². The van der Waals surface area contributed by atoms with Crippen LogP contribution in [0.2, 0.25) is 0 Å². The van der Waals surface area contributed by atoms with E-state index < -0.39 is 0 Å². The van der Waals surface area contributed by atoms with Crippen LogP contribution >= 0.6 is 0 Å². The quantitative estimate of drug-likeness (QED) is 0.189. The standard InChI is InChI=1S/C33H36N2O/c1-24(2)23-26-17-19-27(20-18-26)25(3)33-34-30-14-6-7-15-31(30)35(33)21-8-9-22-36-32-16-10-12-28-11-4-5-13-29(28)32/h4-7,10-20,24-25H,8-9,21-23H2,1-3H3. The summed E-state index contributed by atoms with van der Waals surface area (Å²) in [6, 6.07) is 32.3. The van der Waals surface area contributed by atoms with Crippen molar-refractivity contribution in [3.8, 4) is 5.75 Å². The van der Waals surface area contributed by atoms with Gasteiger partial charge in [-0.2, -0.15) is 0 Å². The van der Waals surface area contributed by atoms with Gasteiger partial charge in [-0.3, -0.25) is 0 Å². The van der Waals surface area contributed by atoms with Gasteiger partial charge in [-0.05, 0) is 59.9 Å². The fraction of sp³-hybridized carbons (Fsp3) is 0.303. The van der Waals surface area contributed by atoms with Crippen molar-refractivity contribution >= 4 is 21.8 Å². The minimum absolute atomic E-state index is 0.234. The average molecular weight is 477 g/mol. The fourth-order valence-corrected chi connectivity index (χ4v) is 5.10. The number of nitrogens with zero attached hydrogens (tertiary/aromatic N) is 2. The van der Waals surface area contributed by atoms with Gasteiger partial charge in [-0.1, -0.05) is 93.6 Å². The summed E-state index contributed by atoms with van der Waals surface area (Å²) in [5.41, 5.74) is 5.01. The molecule has 184 valence electrons. The van der Waals surface area contributed by atoms with Gasteiger partial charge in [0.15, 0.2) is 0 Å². The van der Waals surface area contributed by atoms with Gasteiger partial charge in [0.25, 0.3) is 0 Å². The molecule has 0 aliphatic rings. The SMILES string of the molecule is CC(C)Cc1ccc(C(C)c2nc3ccccc3n2CCCCOc2cccc3ccccc23)cc1. The molecule has 3 nitrogen and oxygen atoms in total. The molecule has 0 N–H and O–H groups in total. The van der Waals surface area contributed by atoms with E-state index in [9.17, 15) is 0 Å². The molecule has 1 aromatic heterocycles. The Morgan fingerprint density at radius 3 is 2.36 bits per heavy atom. The molecule has 0 aliphatic heterocycles. The maximum Gasteiger partial charge on any atom is 0.127 e. The lowest BCUT2D eigenvalue weighted by Gasteiger charge is -2.16. The zero-order valence-corrected chi connectivity index (χ0v) is 21.7. The zero-order valence-electron chi connectivity index (χ0n) is 21.7. The van der Waals surface area contributed by atoms with E-state index >= 15 is 0 Å². The Hall–Kier alpha value is -3.59. The van der Waals surface area contributed by atoms with Gasteiger partial charge in [0, 0.05) is 17.8 Å². The summed E-state index contributed by atoms with van der Waals surface area (Å²) >= 11 is 0. The topological polar surface area (TPSA) is 27.1 Å². The molecule has 1 atom stereocenters. The van der Waals surface area contributed by atoms with Crippen LogP contribution < -0.4 is 4.74 Å². The van der Waals surface area contributed by atoms with E-state index in [0.29, 0.717) is 12.5 Å². The largest absolute Gasteiger partial charge is 0.493 e. The van der Waals surface area contributed by atoms with E-state index in [1.807, 2.05) is 0 Å². The highest BCUT2D eigenvalue weighted by Gasteiger charge is 2.18. The molecule has 0 amide bonds. The lowest BCUT2D eigenvalue weighted by molar-refractivity contribution is 0.306. The first-order valence-corrected chi connectivity index (χ1v) is 13.2. The highest BCUT2D eigenvalue weighted by atomic mass is 16.5. The fourth-order valence-electron chi connectivity index (χ4n) is 5.10. The molecule has 0 aliphatic carbocycles. The number of hydrogen-bond acceptors (Lipinski definition) is 2. The van der Waals surface area contributed by atoms with Gasteiger partial charge in [-0.15, -0.1) is 0 Å². The van der Waals surface area contributed by atoms with Crippen molar-refractivity contribution in [1.29, 1.82) is 0 Å². The molecular formula is C33H36N2O. The molecule has 36 heavy (non-hydrogen) atoms. The Labute approximate surface area is 214 Å². The molecule has 5 rings (SSSR count). The number of hydrogen-bond donors (Lipinski definition) is 0. The first-order valence-electron chi connectivity index (χ1n) is 13.2. The number of aromatic nitrogens is 2. The van der Waals surface area contributed by atoms with Crippen molar-refractivity contribution in [3.05, 3.63) is 108 Å². The summed E-state index contributed by atoms with van der Waals surface area (Å²) in [4.78, 5) is 5.07. The Balaban J connectivity index is 1.28. The summed E-state index contributed by atoms with van der Waals surface area (Å²) in [7, 11) is 0. The number of rotatable bonds is 10. The van der Waals surface area contributed by atoms with Crippen LogP contribution in [0, 0.1) is 5.92 Å². The second kappa shape index (κ2) is 11.0. The molecule has 0 bridgehead atoms. The number of aryl methyl sites for hydroxylation is 1. The number of fused-ring (bicyclic) bond motifs is 2. The van der Waals surface area contributed by atoms with Gasteiger partial charge < -0.3 is 9.30 Å². The predicted molar refractivity (Wildman–Crippen MR) is 151 cm³/mol. The molecular weight excluding hydrogens is 440 g/mol. The Morgan fingerprint density at radius 1 is 0.778 bits per heavy atom. The zero-order chi connectivity index (χ0) is 24.9. The third kappa shape index (κ3) is 5.31. The van der Waals surface area contributed by atoms with E-state index in [1.165, 1.54) is 27.4 Å². The summed E-state index contributed by atoms with van der Waals surface area (Å²) in [6.45, 7) is 8.46. The van der Waals surface area contributed by atoms with Crippen LogP contribution in [0.25, 0.3) is 21.8 Å². The van der Waals surface area contributed by atoms with E-state index in [1.54, 1.807) is 0 Å². The molecule has 5 aromatic rings. The Bertz CT molecular complexity index is 1430. The summed E-state index contributed by atoms with van der Waals surface area (Å²) in [6.07, 6.45) is 3.15. The molecule has 1 unspecified atom stereocenters. The van der Waals surface area contributed by atoms with Gasteiger partial charge in [0.2, 0.25) is 0 Å². The van der Waals surface area contributed by atoms with Gasteiger partial charge in [-0.25, -0.2) is 4.98 Å². The van der Waals surface area contributed by atoms with Crippen molar-refractivity contribution in [2.45, 2.75) is 52.5 Å². The maximum atomic E-state index is 6.19. The molecule has 0 saturated carbocycles. The first-order chi connectivity index (χ1) is 17.6. The van der Waals surface area contributed by atoms with Crippen LogP contribution in [0.15, 0.2) is 91.0 Å². The molecule has 0 radical (unpaired) electrons. The summed E-state index contributed by atoms with van der Waals surface area (Å²) < 4.78 is 8.60. The summed E-state index contributed by atoms with van der Waals surface area (Å²) in [5, 5.41) is 2.40. The average Bonchev–Trinajstić information content (AvgIpc) is 3.27. The molecule has 4 aromatic carbocycles. The highest BCUT2D eigenvalue weighted by Crippen LogP contribution is 2.29. The lowest BCUT2D eigenvalue weighted by Crippen LogP contribution is -2.10. The first kappa shape index (κ1) is 24.1. The van der Waals surface area contributed by atoms with Crippen LogP contribution in [-0.2, 0) is 13.0 Å². The second-order valence-corrected chi connectivity index (χ2v) is 10.2. The Morgan fingerprint density at radius 2 is 1.53 bits per heavy atom. The molecule has 0 fully saturated rings. The van der Waals surface area contributed by atoms with Crippen LogP contribution in [0.1, 0.15) is 56.5 Å². The molecule has 1 heterocycles. The number of unbranched alkanes of at least 4 members (excludes halogenated alkanes) is 1. The van der Waals surface area contributed by atoms with E-state index in [0.717, 1.165) is 42.9 Å². The number of ether oxygens (including phenoxy) is 1. The van der Waals surface area contributed by atoms with Gasteiger partial charge in [0.05, 0.1) is 17.6 Å². The second-order valence-electron chi connectivity index (χ2n) is 10.2. The minimum atomic E-state index is 0.234. The van der Waals surface area contributed by atoms with Crippen molar-refractivity contribution in [3.63, 3.8) is 0 Å². The van der Waals surface area contributed by atoms with E-state index in [4.69, 9.17) is 9.72 Å². The van der Waals surface area contributed by atoms with Gasteiger partial charge in [0.1, 0.15) is 11.6 Å². The highest BCUT2D eigenvalue weighted by molar-refractivity contribution is 5.88. The third-order valence-electron chi connectivity index (χ3n) is 6.98. The van der Waals surface area contributed by atoms with Crippen molar-refractivity contribution < 1.29 is 4.74 Å². The van der Waals surface area contributed by atoms with Crippen LogP contribution in [0.3, 0.4) is 0 Å². The smallest absolute Gasteiger partial charge is 0.127 e. The van der Waals surface area contributed by atoms with E-state index in [-0.39, 0.29) is 5.92 Å². The summed E-state index contributed by atoms with van der Waals surface area (Å²) in [5.74, 6) is 3.01. The van der Waals surface area contributed by atoms with Crippen molar-refractivity contribution in [1.82, 2.24) is 9.55 Å². The van der Waals surface area contributed by atoms with Crippen molar-refractivity contribution in [2.75, 3.05) is 6.61 Å². The molecule has 3 heteroatoms. The monoisotopic (exact) mass is 476 g/mol. The maximum absolute atomic E-state index is 6.19. The minimum Gasteiger partial charge on any atom is -0.493 e. The van der Waals surface area contributed by atoms with E-state index in [2.05, 4.69) is 116 Å².